The highest BCUT2D eigenvalue weighted by Crippen LogP contribution is 2.23. The summed E-state index contributed by atoms with van der Waals surface area (Å²) in [6.45, 7) is 4.79. The van der Waals surface area contributed by atoms with Crippen molar-refractivity contribution in [1.82, 2.24) is 9.78 Å². The highest BCUT2D eigenvalue weighted by atomic mass is 127. The molecule has 0 N–H and O–H groups in total. The predicted molar refractivity (Wildman–Crippen MR) is 100 cm³/mol. The van der Waals surface area contributed by atoms with Gasteiger partial charge in [-0.3, -0.25) is 4.68 Å². The van der Waals surface area contributed by atoms with Gasteiger partial charge < -0.3 is 28.7 Å². The summed E-state index contributed by atoms with van der Waals surface area (Å²) < 4.78 is 9.56. The number of hydrogen-bond acceptors (Lipinski definition) is 2. The molecule has 3 rings (SSSR count). The number of benzene rings is 1. The fraction of sp³-hybridized carbons (Fsp3) is 0.238. The van der Waals surface area contributed by atoms with Gasteiger partial charge in [-0.2, -0.15) is 5.10 Å². The minimum absolute atomic E-state index is 0. The lowest BCUT2D eigenvalue weighted by atomic mass is 10.1. The Labute approximate surface area is 172 Å². The number of pyridine rings is 1. The second kappa shape index (κ2) is 8.98. The van der Waals surface area contributed by atoms with Crippen molar-refractivity contribution in [2.24, 2.45) is 7.05 Å². The molecule has 0 bridgehead atoms. The fourth-order valence-electron chi connectivity index (χ4n) is 2.84. The van der Waals surface area contributed by atoms with E-state index in [-0.39, 0.29) is 24.0 Å². The Hall–Kier alpha value is -2.15. The Bertz CT molecular complexity index is 898. The SMILES string of the molecule is COc1ccc(/C=C/c2cc[n+](C)cc2)cc1Cn1nc(C)cc1C.[I-]. The topological polar surface area (TPSA) is 30.9 Å². The van der Waals surface area contributed by atoms with Crippen LogP contribution >= 0.6 is 0 Å². The van der Waals surface area contributed by atoms with Crippen LogP contribution in [-0.2, 0) is 13.6 Å². The van der Waals surface area contributed by atoms with Gasteiger partial charge in [0.05, 0.1) is 19.3 Å². The molecular weight excluding hydrogens is 437 g/mol. The third-order valence-corrected chi connectivity index (χ3v) is 4.20. The van der Waals surface area contributed by atoms with Crippen molar-refractivity contribution >= 4 is 12.2 Å². The van der Waals surface area contributed by atoms with Gasteiger partial charge in [-0.1, -0.05) is 18.2 Å². The van der Waals surface area contributed by atoms with Crippen LogP contribution in [0, 0.1) is 13.8 Å². The maximum absolute atomic E-state index is 5.53. The summed E-state index contributed by atoms with van der Waals surface area (Å²) in [5.41, 5.74) is 5.62. The van der Waals surface area contributed by atoms with Gasteiger partial charge in [-0.15, -0.1) is 0 Å². The van der Waals surface area contributed by atoms with Gasteiger partial charge in [0.15, 0.2) is 12.4 Å². The molecule has 0 fully saturated rings. The molecule has 26 heavy (non-hydrogen) atoms. The zero-order valence-electron chi connectivity index (χ0n) is 15.6. The first-order valence-electron chi connectivity index (χ1n) is 8.36. The first kappa shape index (κ1) is 20.2. The molecule has 0 radical (unpaired) electrons. The molecule has 3 aromatic rings. The average Bonchev–Trinajstić information content (AvgIpc) is 2.92. The van der Waals surface area contributed by atoms with Gasteiger partial charge in [-0.25, -0.2) is 4.57 Å². The van der Waals surface area contributed by atoms with Crippen molar-refractivity contribution in [2.45, 2.75) is 20.4 Å². The molecule has 0 saturated heterocycles. The van der Waals surface area contributed by atoms with E-state index in [1.54, 1.807) is 7.11 Å². The second-order valence-electron chi connectivity index (χ2n) is 6.29. The highest BCUT2D eigenvalue weighted by molar-refractivity contribution is 5.70. The maximum atomic E-state index is 5.53. The molecule has 0 amide bonds. The Kier molecular flexibility index (Phi) is 6.97. The van der Waals surface area contributed by atoms with Crippen LogP contribution in [0.5, 0.6) is 5.75 Å². The summed E-state index contributed by atoms with van der Waals surface area (Å²) in [7, 11) is 3.72. The lowest BCUT2D eigenvalue weighted by molar-refractivity contribution is -0.671. The lowest BCUT2D eigenvalue weighted by Crippen LogP contribution is -3.00. The largest absolute Gasteiger partial charge is 1.00 e. The van der Waals surface area contributed by atoms with Crippen molar-refractivity contribution in [3.05, 3.63) is 76.9 Å². The number of rotatable bonds is 5. The van der Waals surface area contributed by atoms with Gasteiger partial charge in [-0.05, 0) is 43.2 Å². The van der Waals surface area contributed by atoms with E-state index < -0.39 is 0 Å². The number of hydrogen-bond donors (Lipinski definition) is 0. The standard InChI is InChI=1S/C21H24N3O.HI/c1-16-13-17(2)24(22-16)15-20-14-19(7-8-21(20)25-4)6-5-18-9-11-23(3)12-10-18;/h5-14H,15H2,1-4H3;1H/q+1;/p-1/b6-5+;. The van der Waals surface area contributed by atoms with Gasteiger partial charge in [0, 0.05) is 23.4 Å². The van der Waals surface area contributed by atoms with Crippen LogP contribution in [0.1, 0.15) is 28.1 Å². The Morgan fingerprint density at radius 1 is 1.04 bits per heavy atom. The van der Waals surface area contributed by atoms with E-state index in [4.69, 9.17) is 4.74 Å². The normalized spacial score (nSPS) is 10.8. The Balaban J connectivity index is 0.00000243. The monoisotopic (exact) mass is 461 g/mol. The number of nitrogens with zero attached hydrogens (tertiary/aromatic N) is 3. The molecule has 0 unspecified atom stereocenters. The van der Waals surface area contributed by atoms with Crippen molar-refractivity contribution in [1.29, 1.82) is 0 Å². The summed E-state index contributed by atoms with van der Waals surface area (Å²) >= 11 is 0. The van der Waals surface area contributed by atoms with Crippen LogP contribution in [0.15, 0.2) is 48.8 Å². The molecule has 0 saturated carbocycles. The van der Waals surface area contributed by atoms with Crippen LogP contribution in [0.25, 0.3) is 12.2 Å². The van der Waals surface area contributed by atoms with Crippen molar-refractivity contribution in [3.8, 4) is 5.75 Å². The molecule has 0 aliphatic heterocycles. The highest BCUT2D eigenvalue weighted by Gasteiger charge is 2.08. The molecular formula is C21H24IN3O. The zero-order valence-corrected chi connectivity index (χ0v) is 17.8. The number of ether oxygens (including phenoxy) is 1. The first-order chi connectivity index (χ1) is 12.0. The van der Waals surface area contributed by atoms with E-state index in [9.17, 15) is 0 Å². The van der Waals surface area contributed by atoms with Crippen LogP contribution in [0.3, 0.4) is 0 Å². The Morgan fingerprint density at radius 2 is 1.73 bits per heavy atom. The quantitative estimate of drug-likeness (QED) is 0.411. The molecule has 136 valence electrons. The fourth-order valence-corrected chi connectivity index (χ4v) is 2.84. The van der Waals surface area contributed by atoms with Crippen LogP contribution < -0.4 is 33.3 Å². The summed E-state index contributed by atoms with van der Waals surface area (Å²) in [4.78, 5) is 0. The molecule has 1 aromatic carbocycles. The maximum Gasteiger partial charge on any atom is 0.169 e. The van der Waals surface area contributed by atoms with Crippen molar-refractivity contribution < 1.29 is 33.3 Å². The molecule has 5 heteroatoms. The van der Waals surface area contributed by atoms with Gasteiger partial charge >= 0.3 is 0 Å². The molecule has 0 aliphatic carbocycles. The van der Waals surface area contributed by atoms with Gasteiger partial charge in [0.2, 0.25) is 0 Å². The van der Waals surface area contributed by atoms with E-state index in [0.29, 0.717) is 6.54 Å². The molecule has 0 atom stereocenters. The summed E-state index contributed by atoms with van der Waals surface area (Å²) in [6, 6.07) is 12.5. The zero-order chi connectivity index (χ0) is 17.8. The number of methoxy groups -OCH3 is 1. The molecule has 2 aromatic heterocycles. The van der Waals surface area contributed by atoms with Crippen LogP contribution in [0.4, 0.5) is 0 Å². The summed E-state index contributed by atoms with van der Waals surface area (Å²) in [6.07, 6.45) is 8.33. The number of halogens is 1. The molecule has 2 heterocycles. The van der Waals surface area contributed by atoms with Crippen LogP contribution in [0.2, 0.25) is 0 Å². The summed E-state index contributed by atoms with van der Waals surface area (Å²) in [5, 5.41) is 4.55. The van der Waals surface area contributed by atoms with Crippen molar-refractivity contribution in [2.75, 3.05) is 7.11 Å². The lowest BCUT2D eigenvalue weighted by Gasteiger charge is -2.11. The molecule has 0 aliphatic rings. The summed E-state index contributed by atoms with van der Waals surface area (Å²) in [5.74, 6) is 0.886. The average molecular weight is 461 g/mol. The third kappa shape index (κ3) is 4.94. The van der Waals surface area contributed by atoms with E-state index in [0.717, 1.165) is 28.3 Å². The van der Waals surface area contributed by atoms with E-state index in [1.807, 2.05) is 41.7 Å². The predicted octanol–water partition coefficient (Wildman–Crippen LogP) is 0.556. The van der Waals surface area contributed by atoms with Gasteiger partial charge in [0.1, 0.15) is 12.8 Å². The smallest absolute Gasteiger partial charge is 0.169 e. The number of aromatic nitrogens is 3. The second-order valence-corrected chi connectivity index (χ2v) is 6.29. The van der Waals surface area contributed by atoms with Crippen molar-refractivity contribution in [3.63, 3.8) is 0 Å². The van der Waals surface area contributed by atoms with Gasteiger partial charge in [0.25, 0.3) is 0 Å². The van der Waals surface area contributed by atoms with Crippen LogP contribution in [-0.4, -0.2) is 16.9 Å². The third-order valence-electron chi connectivity index (χ3n) is 4.20. The van der Waals surface area contributed by atoms with E-state index >= 15 is 0 Å². The minimum Gasteiger partial charge on any atom is -1.00 e. The molecule has 0 spiro atoms. The molecule has 4 nitrogen and oxygen atoms in total. The number of aryl methyl sites for hydroxylation is 3. The van der Waals surface area contributed by atoms with E-state index in [2.05, 4.69) is 54.5 Å². The minimum atomic E-state index is 0. The van der Waals surface area contributed by atoms with E-state index in [1.165, 1.54) is 5.56 Å². The Morgan fingerprint density at radius 3 is 2.35 bits per heavy atom. The first-order valence-corrected chi connectivity index (χ1v) is 8.36.